The van der Waals surface area contributed by atoms with Crippen LogP contribution in [-0.4, -0.2) is 46.8 Å². The first kappa shape index (κ1) is 19.2. The van der Waals surface area contributed by atoms with E-state index in [9.17, 15) is 9.18 Å². The summed E-state index contributed by atoms with van der Waals surface area (Å²) >= 11 is 0. The maximum atomic E-state index is 13.3. The number of benzene rings is 2. The first-order chi connectivity index (χ1) is 14.0. The standard InChI is InChI=1S/C23H25FN4O/c1-17-15-18(2)28(25-17)16-23(29)27-13-11-26(12-14-27)22-6-4-3-5-21(22)19-7-9-20(24)10-8-19/h3-10,15H,11-14,16H2,1-2H3. The van der Waals surface area contributed by atoms with Crippen LogP contribution in [0.2, 0.25) is 0 Å². The molecule has 150 valence electrons. The van der Waals surface area contributed by atoms with Crippen molar-refractivity contribution in [3.8, 4) is 11.1 Å². The van der Waals surface area contributed by atoms with Gasteiger partial charge in [-0.05, 0) is 43.7 Å². The molecule has 3 aromatic rings. The van der Waals surface area contributed by atoms with Crippen LogP contribution in [-0.2, 0) is 11.3 Å². The number of piperazine rings is 1. The number of rotatable bonds is 4. The highest BCUT2D eigenvalue weighted by molar-refractivity contribution is 5.79. The van der Waals surface area contributed by atoms with Crippen molar-refractivity contribution in [2.75, 3.05) is 31.1 Å². The first-order valence-corrected chi connectivity index (χ1v) is 9.90. The molecule has 1 aromatic heterocycles. The predicted octanol–water partition coefficient (Wildman–Crippen LogP) is 3.65. The van der Waals surface area contributed by atoms with Crippen molar-refractivity contribution in [3.05, 3.63) is 71.8 Å². The summed E-state index contributed by atoms with van der Waals surface area (Å²) < 4.78 is 15.1. The molecule has 6 heteroatoms. The Morgan fingerprint density at radius 2 is 1.69 bits per heavy atom. The van der Waals surface area contributed by atoms with Gasteiger partial charge in [-0.25, -0.2) is 4.39 Å². The third kappa shape index (κ3) is 4.16. The van der Waals surface area contributed by atoms with E-state index in [2.05, 4.69) is 22.1 Å². The minimum atomic E-state index is -0.235. The fourth-order valence-corrected chi connectivity index (χ4v) is 3.88. The van der Waals surface area contributed by atoms with Crippen molar-refractivity contribution >= 4 is 11.6 Å². The molecule has 0 aliphatic carbocycles. The number of hydrogen-bond acceptors (Lipinski definition) is 3. The number of amides is 1. The second-order valence-corrected chi connectivity index (χ2v) is 7.48. The molecule has 2 aromatic carbocycles. The molecule has 4 rings (SSSR count). The van der Waals surface area contributed by atoms with Crippen LogP contribution in [0.15, 0.2) is 54.6 Å². The molecular weight excluding hydrogens is 367 g/mol. The number of carbonyl (C=O) groups is 1. The van der Waals surface area contributed by atoms with E-state index >= 15 is 0 Å². The molecule has 1 fully saturated rings. The fourth-order valence-electron chi connectivity index (χ4n) is 3.88. The van der Waals surface area contributed by atoms with Crippen LogP contribution in [0.4, 0.5) is 10.1 Å². The highest BCUT2D eigenvalue weighted by Gasteiger charge is 2.23. The number of aromatic nitrogens is 2. The van der Waals surface area contributed by atoms with Gasteiger partial charge in [-0.3, -0.25) is 9.48 Å². The van der Waals surface area contributed by atoms with E-state index in [4.69, 9.17) is 0 Å². The summed E-state index contributed by atoms with van der Waals surface area (Å²) in [5, 5.41) is 4.39. The normalized spacial score (nSPS) is 14.3. The third-order valence-corrected chi connectivity index (χ3v) is 5.42. The van der Waals surface area contributed by atoms with Crippen LogP contribution >= 0.6 is 0 Å². The summed E-state index contributed by atoms with van der Waals surface area (Å²) in [5.41, 5.74) is 5.12. The van der Waals surface area contributed by atoms with Gasteiger partial charge in [-0.15, -0.1) is 0 Å². The van der Waals surface area contributed by atoms with Gasteiger partial charge < -0.3 is 9.80 Å². The zero-order valence-electron chi connectivity index (χ0n) is 16.8. The van der Waals surface area contributed by atoms with Gasteiger partial charge in [0.2, 0.25) is 5.91 Å². The Labute approximate surface area is 170 Å². The molecule has 0 radical (unpaired) electrons. The van der Waals surface area contributed by atoms with E-state index < -0.39 is 0 Å². The summed E-state index contributed by atoms with van der Waals surface area (Å²) in [6, 6.07) is 16.7. The van der Waals surface area contributed by atoms with Crippen molar-refractivity contribution in [2.24, 2.45) is 0 Å². The Balaban J connectivity index is 1.44. The lowest BCUT2D eigenvalue weighted by Gasteiger charge is -2.37. The second-order valence-electron chi connectivity index (χ2n) is 7.48. The minimum absolute atomic E-state index is 0.0997. The Morgan fingerprint density at radius 3 is 2.34 bits per heavy atom. The topological polar surface area (TPSA) is 41.4 Å². The molecule has 0 N–H and O–H groups in total. The van der Waals surface area contributed by atoms with E-state index in [1.807, 2.05) is 49.1 Å². The van der Waals surface area contributed by atoms with E-state index in [1.54, 1.807) is 4.68 Å². The largest absolute Gasteiger partial charge is 0.367 e. The highest BCUT2D eigenvalue weighted by Crippen LogP contribution is 2.31. The molecule has 0 saturated carbocycles. The maximum absolute atomic E-state index is 13.3. The lowest BCUT2D eigenvalue weighted by molar-refractivity contribution is -0.132. The Bertz CT molecular complexity index is 1000. The number of carbonyl (C=O) groups excluding carboxylic acids is 1. The summed E-state index contributed by atoms with van der Waals surface area (Å²) in [6.07, 6.45) is 0. The van der Waals surface area contributed by atoms with Crippen LogP contribution in [0.25, 0.3) is 11.1 Å². The molecule has 1 amide bonds. The minimum Gasteiger partial charge on any atom is -0.367 e. The molecule has 0 spiro atoms. The van der Waals surface area contributed by atoms with Crippen molar-refractivity contribution in [1.29, 1.82) is 0 Å². The molecule has 29 heavy (non-hydrogen) atoms. The van der Waals surface area contributed by atoms with Gasteiger partial charge in [0.25, 0.3) is 0 Å². The smallest absolute Gasteiger partial charge is 0.244 e. The summed E-state index contributed by atoms with van der Waals surface area (Å²) in [6.45, 7) is 7.07. The first-order valence-electron chi connectivity index (χ1n) is 9.90. The Kier molecular flexibility index (Phi) is 5.34. The number of para-hydroxylation sites is 1. The number of nitrogens with zero attached hydrogens (tertiary/aromatic N) is 4. The number of hydrogen-bond donors (Lipinski definition) is 0. The monoisotopic (exact) mass is 392 g/mol. The van der Waals surface area contributed by atoms with Gasteiger partial charge in [0, 0.05) is 43.1 Å². The molecule has 0 unspecified atom stereocenters. The van der Waals surface area contributed by atoms with Crippen molar-refractivity contribution in [2.45, 2.75) is 20.4 Å². The van der Waals surface area contributed by atoms with Crippen molar-refractivity contribution in [1.82, 2.24) is 14.7 Å². The van der Waals surface area contributed by atoms with Gasteiger partial charge in [0.05, 0.1) is 5.69 Å². The van der Waals surface area contributed by atoms with Gasteiger partial charge in [0.15, 0.2) is 0 Å². The zero-order valence-corrected chi connectivity index (χ0v) is 16.8. The molecule has 2 heterocycles. The Hall–Kier alpha value is -3.15. The highest BCUT2D eigenvalue weighted by atomic mass is 19.1. The summed E-state index contributed by atoms with van der Waals surface area (Å²) in [5.74, 6) is -0.136. The van der Waals surface area contributed by atoms with Crippen LogP contribution in [0, 0.1) is 19.7 Å². The van der Waals surface area contributed by atoms with Gasteiger partial charge >= 0.3 is 0 Å². The van der Waals surface area contributed by atoms with E-state index in [1.165, 1.54) is 12.1 Å². The van der Waals surface area contributed by atoms with Crippen LogP contribution < -0.4 is 4.90 Å². The molecule has 1 saturated heterocycles. The van der Waals surface area contributed by atoms with Crippen LogP contribution in [0.3, 0.4) is 0 Å². The summed E-state index contributed by atoms with van der Waals surface area (Å²) in [7, 11) is 0. The van der Waals surface area contributed by atoms with Crippen molar-refractivity contribution in [3.63, 3.8) is 0 Å². The molecule has 0 bridgehead atoms. The number of anilines is 1. The average Bonchev–Trinajstić information content (AvgIpc) is 3.05. The molecule has 0 atom stereocenters. The number of aryl methyl sites for hydroxylation is 2. The predicted molar refractivity (Wildman–Crippen MR) is 112 cm³/mol. The maximum Gasteiger partial charge on any atom is 0.244 e. The van der Waals surface area contributed by atoms with Crippen molar-refractivity contribution < 1.29 is 9.18 Å². The van der Waals surface area contributed by atoms with Crippen LogP contribution in [0.1, 0.15) is 11.4 Å². The lowest BCUT2D eigenvalue weighted by Crippen LogP contribution is -2.49. The second kappa shape index (κ2) is 8.07. The molecule has 5 nitrogen and oxygen atoms in total. The van der Waals surface area contributed by atoms with Gasteiger partial charge in [-0.2, -0.15) is 5.10 Å². The van der Waals surface area contributed by atoms with Crippen LogP contribution in [0.5, 0.6) is 0 Å². The molecule has 1 aliphatic heterocycles. The van der Waals surface area contributed by atoms with E-state index in [0.29, 0.717) is 13.1 Å². The quantitative estimate of drug-likeness (QED) is 0.681. The SMILES string of the molecule is Cc1cc(C)n(CC(=O)N2CCN(c3ccccc3-c3ccc(F)cc3)CC2)n1. The molecular formula is C23H25FN4O. The third-order valence-electron chi connectivity index (χ3n) is 5.42. The summed E-state index contributed by atoms with van der Waals surface area (Å²) in [4.78, 5) is 16.9. The zero-order chi connectivity index (χ0) is 20.4. The lowest BCUT2D eigenvalue weighted by atomic mass is 10.0. The van der Waals surface area contributed by atoms with Gasteiger partial charge in [-0.1, -0.05) is 30.3 Å². The fraction of sp³-hybridized carbons (Fsp3) is 0.304. The molecule has 1 aliphatic rings. The number of halogens is 1. The van der Waals surface area contributed by atoms with E-state index in [-0.39, 0.29) is 18.3 Å². The Morgan fingerprint density at radius 1 is 1.00 bits per heavy atom. The average molecular weight is 392 g/mol. The van der Waals surface area contributed by atoms with E-state index in [0.717, 1.165) is 41.3 Å². The van der Waals surface area contributed by atoms with Gasteiger partial charge in [0.1, 0.15) is 12.4 Å².